The van der Waals surface area contributed by atoms with Crippen LogP contribution in [0.15, 0.2) is 58.7 Å². The first-order valence-corrected chi connectivity index (χ1v) is 12.9. The molecule has 0 radical (unpaired) electrons. The van der Waals surface area contributed by atoms with Crippen LogP contribution in [-0.2, 0) is 11.6 Å². The molecule has 9 heteroatoms. The molecule has 2 N–H and O–H groups in total. The van der Waals surface area contributed by atoms with Gasteiger partial charge in [-0.15, -0.1) is 11.8 Å². The number of pyridine rings is 2. The molecule has 2 aromatic heterocycles. The number of nitriles is 1. The highest BCUT2D eigenvalue weighted by Gasteiger charge is 2.44. The number of nitrogens with zero attached hydrogens (tertiary/aromatic N) is 4. The van der Waals surface area contributed by atoms with Crippen molar-refractivity contribution in [2.24, 2.45) is 4.99 Å². The average Bonchev–Trinajstić information content (AvgIpc) is 3.71. The van der Waals surface area contributed by atoms with Gasteiger partial charge >= 0.3 is 6.18 Å². The summed E-state index contributed by atoms with van der Waals surface area (Å²) in [6, 6.07) is 13.1. The average molecular weight is 514 g/mol. The van der Waals surface area contributed by atoms with Crippen molar-refractivity contribution in [1.82, 2.24) is 9.97 Å². The lowest BCUT2D eigenvalue weighted by molar-refractivity contribution is -0.141. The number of benzene rings is 1. The van der Waals surface area contributed by atoms with Gasteiger partial charge in [0.2, 0.25) is 0 Å². The van der Waals surface area contributed by atoms with Crippen molar-refractivity contribution in [2.75, 3.05) is 12.0 Å². The SMILES string of the molecule is CC.CC.CSc1cc(-c2ccc(C3(C#N)CC3)cc2)cnc1/N=C/c1cnc(C(F)(F)F)cc1N. The number of thioether (sulfide) groups is 1. The van der Waals surface area contributed by atoms with Crippen LogP contribution in [0.2, 0.25) is 0 Å². The Labute approximate surface area is 214 Å². The van der Waals surface area contributed by atoms with Gasteiger partial charge in [0.1, 0.15) is 5.69 Å². The Balaban J connectivity index is 0.00000109. The Bertz CT molecular complexity index is 1230. The summed E-state index contributed by atoms with van der Waals surface area (Å²) in [7, 11) is 0. The zero-order valence-electron chi connectivity index (χ0n) is 21.0. The van der Waals surface area contributed by atoms with Gasteiger partial charge in [0.25, 0.3) is 0 Å². The molecule has 0 amide bonds. The minimum Gasteiger partial charge on any atom is -0.398 e. The summed E-state index contributed by atoms with van der Waals surface area (Å²) in [5.74, 6) is 0.429. The number of nitrogen functional groups attached to an aromatic ring is 1. The molecule has 1 fully saturated rings. The van der Waals surface area contributed by atoms with Gasteiger partial charge in [-0.2, -0.15) is 18.4 Å². The molecule has 1 saturated carbocycles. The van der Waals surface area contributed by atoms with E-state index in [1.807, 2.05) is 64.3 Å². The fraction of sp³-hybridized carbons (Fsp3) is 0.333. The van der Waals surface area contributed by atoms with Crippen molar-refractivity contribution in [3.8, 4) is 17.2 Å². The molecule has 0 saturated heterocycles. The molecule has 0 spiro atoms. The van der Waals surface area contributed by atoms with E-state index in [1.165, 1.54) is 18.0 Å². The number of nitrogens with two attached hydrogens (primary N) is 1. The number of hydrogen-bond donors (Lipinski definition) is 1. The van der Waals surface area contributed by atoms with E-state index in [0.717, 1.165) is 46.7 Å². The number of halogens is 3. The van der Waals surface area contributed by atoms with E-state index in [0.29, 0.717) is 5.82 Å². The van der Waals surface area contributed by atoms with Crippen LogP contribution in [0, 0.1) is 11.3 Å². The van der Waals surface area contributed by atoms with Gasteiger partial charge in [-0.05, 0) is 42.4 Å². The molecule has 0 aliphatic heterocycles. The molecule has 2 heterocycles. The van der Waals surface area contributed by atoms with E-state index < -0.39 is 11.9 Å². The maximum absolute atomic E-state index is 12.7. The van der Waals surface area contributed by atoms with Crippen molar-refractivity contribution in [3.05, 3.63) is 65.6 Å². The number of alkyl halides is 3. The highest BCUT2D eigenvalue weighted by atomic mass is 32.2. The molecule has 4 rings (SSSR count). The van der Waals surface area contributed by atoms with Crippen molar-refractivity contribution >= 4 is 29.5 Å². The molecular formula is C27H30F3N5S. The molecule has 190 valence electrons. The number of rotatable bonds is 5. The van der Waals surface area contributed by atoms with Gasteiger partial charge in [0, 0.05) is 35.4 Å². The lowest BCUT2D eigenvalue weighted by Gasteiger charge is -2.10. The van der Waals surface area contributed by atoms with E-state index in [4.69, 9.17) is 5.73 Å². The third kappa shape index (κ3) is 6.64. The number of anilines is 1. The summed E-state index contributed by atoms with van der Waals surface area (Å²) in [6.45, 7) is 8.00. The predicted molar refractivity (Wildman–Crippen MR) is 142 cm³/mol. The summed E-state index contributed by atoms with van der Waals surface area (Å²) in [6.07, 6.45) is 3.21. The lowest BCUT2D eigenvalue weighted by Crippen LogP contribution is -2.09. The van der Waals surface area contributed by atoms with Crippen molar-refractivity contribution < 1.29 is 13.2 Å². The van der Waals surface area contributed by atoms with E-state index in [1.54, 1.807) is 6.20 Å². The van der Waals surface area contributed by atoms with Gasteiger partial charge < -0.3 is 5.73 Å². The molecule has 0 atom stereocenters. The van der Waals surface area contributed by atoms with E-state index in [-0.39, 0.29) is 16.7 Å². The lowest BCUT2D eigenvalue weighted by atomic mass is 9.95. The Morgan fingerprint density at radius 1 is 1.03 bits per heavy atom. The second-order valence-corrected chi connectivity index (χ2v) is 8.32. The number of hydrogen-bond acceptors (Lipinski definition) is 6. The minimum atomic E-state index is -4.56. The first kappa shape index (κ1) is 28.9. The van der Waals surface area contributed by atoms with Crippen molar-refractivity contribution in [2.45, 2.75) is 57.0 Å². The smallest absolute Gasteiger partial charge is 0.398 e. The molecule has 0 unspecified atom stereocenters. The van der Waals surface area contributed by atoms with Crippen LogP contribution in [0.4, 0.5) is 24.7 Å². The maximum Gasteiger partial charge on any atom is 0.433 e. The van der Waals surface area contributed by atoms with Gasteiger partial charge in [0.15, 0.2) is 5.82 Å². The number of aromatic nitrogens is 2. The summed E-state index contributed by atoms with van der Waals surface area (Å²) < 4.78 is 38.2. The quantitative estimate of drug-likeness (QED) is 0.277. The summed E-state index contributed by atoms with van der Waals surface area (Å²) in [5, 5.41) is 9.36. The van der Waals surface area contributed by atoms with Crippen LogP contribution < -0.4 is 5.73 Å². The van der Waals surface area contributed by atoms with E-state index in [2.05, 4.69) is 21.0 Å². The highest BCUT2D eigenvalue weighted by Crippen LogP contribution is 2.47. The zero-order valence-corrected chi connectivity index (χ0v) is 21.8. The summed E-state index contributed by atoms with van der Waals surface area (Å²) >= 11 is 1.46. The van der Waals surface area contributed by atoms with Gasteiger partial charge in [-0.25, -0.2) is 9.98 Å². The summed E-state index contributed by atoms with van der Waals surface area (Å²) in [5.41, 5.74) is 7.47. The Morgan fingerprint density at radius 2 is 1.67 bits per heavy atom. The Kier molecular flexibility index (Phi) is 10.1. The Morgan fingerprint density at radius 3 is 2.17 bits per heavy atom. The third-order valence-electron chi connectivity index (χ3n) is 5.37. The van der Waals surface area contributed by atoms with Crippen LogP contribution in [0.5, 0.6) is 0 Å². The molecule has 1 aliphatic carbocycles. The number of aliphatic imine (C=N–C) groups is 1. The molecule has 1 aromatic carbocycles. The third-order valence-corrected chi connectivity index (χ3v) is 6.11. The van der Waals surface area contributed by atoms with Crippen LogP contribution in [-0.4, -0.2) is 22.4 Å². The molecule has 36 heavy (non-hydrogen) atoms. The predicted octanol–water partition coefficient (Wildman–Crippen LogP) is 7.82. The molecule has 3 aromatic rings. The molecular weight excluding hydrogens is 483 g/mol. The standard InChI is InChI=1S/C23H18F3N5S.2C2H6/c1-32-19-8-15(14-2-4-17(5-3-14)22(13-27)6-7-22)10-30-21(19)31-12-16-11-29-20(9-18(16)28)23(24,25)26;2*1-2/h2-5,8-12H,6-7H2,1H3,(H2,28,29);2*1-2H3/b31-12+;;. The van der Waals surface area contributed by atoms with Crippen LogP contribution in [0.1, 0.15) is 57.4 Å². The van der Waals surface area contributed by atoms with Crippen molar-refractivity contribution in [3.63, 3.8) is 0 Å². The second-order valence-electron chi connectivity index (χ2n) is 7.48. The van der Waals surface area contributed by atoms with E-state index >= 15 is 0 Å². The molecule has 0 bridgehead atoms. The van der Waals surface area contributed by atoms with Crippen LogP contribution >= 0.6 is 11.8 Å². The van der Waals surface area contributed by atoms with Gasteiger partial charge in [0.05, 0.1) is 16.4 Å². The molecule has 5 nitrogen and oxygen atoms in total. The summed E-state index contributed by atoms with van der Waals surface area (Å²) in [4.78, 5) is 12.9. The first-order valence-electron chi connectivity index (χ1n) is 11.7. The highest BCUT2D eigenvalue weighted by molar-refractivity contribution is 7.98. The Hall–Kier alpha value is -3.38. The fourth-order valence-electron chi connectivity index (χ4n) is 3.29. The largest absolute Gasteiger partial charge is 0.433 e. The van der Waals surface area contributed by atoms with Gasteiger partial charge in [-0.1, -0.05) is 52.0 Å². The first-order chi connectivity index (χ1) is 17.3. The van der Waals surface area contributed by atoms with E-state index in [9.17, 15) is 18.4 Å². The van der Waals surface area contributed by atoms with Crippen LogP contribution in [0.3, 0.4) is 0 Å². The molecule has 1 aliphatic rings. The van der Waals surface area contributed by atoms with Gasteiger partial charge in [-0.3, -0.25) is 4.98 Å². The maximum atomic E-state index is 12.7. The monoisotopic (exact) mass is 513 g/mol. The zero-order chi connectivity index (χ0) is 26.9. The fourth-order valence-corrected chi connectivity index (χ4v) is 3.82. The topological polar surface area (TPSA) is 88.0 Å². The second kappa shape index (κ2) is 12.5. The minimum absolute atomic E-state index is 0.0655. The normalized spacial score (nSPS) is 13.6. The van der Waals surface area contributed by atoms with Crippen LogP contribution in [0.25, 0.3) is 11.1 Å². The van der Waals surface area contributed by atoms with Crippen molar-refractivity contribution in [1.29, 1.82) is 5.26 Å².